The lowest BCUT2D eigenvalue weighted by molar-refractivity contribution is -0.124. The number of nitrogens with one attached hydrogen (secondary N) is 2. The lowest BCUT2D eigenvalue weighted by atomic mass is 10.0. The summed E-state index contributed by atoms with van der Waals surface area (Å²) in [5.74, 6) is -0.291. The Bertz CT molecular complexity index is 489. The highest BCUT2D eigenvalue weighted by Crippen LogP contribution is 2.04. The molecular weight excluding hydrogens is 270 g/mol. The van der Waals surface area contributed by atoms with Crippen molar-refractivity contribution in [2.45, 2.75) is 40.3 Å². The normalized spacial score (nSPS) is 11.9. The molecule has 0 saturated heterocycles. The number of aryl methyl sites for hydroxylation is 1. The fourth-order valence-corrected chi connectivity index (χ4v) is 1.82. The molecule has 0 aromatic carbocycles. The Hall–Kier alpha value is -2.11. The van der Waals surface area contributed by atoms with Crippen LogP contribution in [0.25, 0.3) is 0 Å². The van der Waals surface area contributed by atoms with Crippen molar-refractivity contribution < 1.29 is 14.3 Å². The molecule has 1 unspecified atom stereocenters. The monoisotopic (exact) mass is 293 g/mol. The summed E-state index contributed by atoms with van der Waals surface area (Å²) in [7, 11) is 0. The Balaban J connectivity index is 2.59. The van der Waals surface area contributed by atoms with Crippen LogP contribution in [0.3, 0.4) is 0 Å². The minimum atomic E-state index is -0.631. The summed E-state index contributed by atoms with van der Waals surface area (Å²) < 4.78 is 4.81. The molecule has 0 fully saturated rings. The summed E-state index contributed by atoms with van der Waals surface area (Å²) in [6.07, 6.45) is -0.583. The fraction of sp³-hybridized carbons (Fsp3) is 0.533. The van der Waals surface area contributed by atoms with Gasteiger partial charge in [-0.1, -0.05) is 19.9 Å². The van der Waals surface area contributed by atoms with Crippen molar-refractivity contribution in [3.05, 3.63) is 29.6 Å². The highest BCUT2D eigenvalue weighted by atomic mass is 16.5. The largest absolute Gasteiger partial charge is 0.450 e. The summed E-state index contributed by atoms with van der Waals surface area (Å²) in [6, 6.07) is 5.00. The van der Waals surface area contributed by atoms with Crippen LogP contribution in [0.15, 0.2) is 18.2 Å². The van der Waals surface area contributed by atoms with Gasteiger partial charge in [0.2, 0.25) is 5.91 Å². The van der Waals surface area contributed by atoms with Gasteiger partial charge in [-0.15, -0.1) is 0 Å². The number of pyridine rings is 1. The maximum atomic E-state index is 12.2. The van der Waals surface area contributed by atoms with Gasteiger partial charge in [-0.2, -0.15) is 0 Å². The predicted molar refractivity (Wildman–Crippen MR) is 79.6 cm³/mol. The Morgan fingerprint density at radius 1 is 1.33 bits per heavy atom. The molecule has 116 valence electrons. The molecule has 2 N–H and O–H groups in total. The molecule has 0 spiro atoms. The maximum Gasteiger partial charge on any atom is 0.407 e. The third-order valence-electron chi connectivity index (χ3n) is 2.89. The van der Waals surface area contributed by atoms with E-state index in [0.717, 1.165) is 11.4 Å². The SMILES string of the molecule is CCOC(=O)NC(C(=O)NCc1cccc(C)n1)C(C)C. The molecular formula is C15H23N3O3. The van der Waals surface area contributed by atoms with Crippen LogP contribution >= 0.6 is 0 Å². The molecule has 0 bridgehead atoms. The van der Waals surface area contributed by atoms with E-state index in [1.807, 2.05) is 39.0 Å². The molecule has 0 aliphatic heterocycles. The van der Waals surface area contributed by atoms with Crippen molar-refractivity contribution in [3.63, 3.8) is 0 Å². The van der Waals surface area contributed by atoms with Gasteiger partial charge in [-0.25, -0.2) is 4.79 Å². The molecule has 0 radical (unpaired) electrons. The molecule has 21 heavy (non-hydrogen) atoms. The van der Waals surface area contributed by atoms with Gasteiger partial charge in [0.25, 0.3) is 0 Å². The molecule has 2 amide bonds. The standard InChI is InChI=1S/C15H23N3O3/c1-5-21-15(20)18-13(10(2)3)14(19)16-9-12-8-6-7-11(4)17-12/h6-8,10,13H,5,9H2,1-4H3,(H,16,19)(H,18,20). The number of alkyl carbamates (subject to hydrolysis) is 1. The van der Waals surface area contributed by atoms with Crippen LogP contribution in [0.1, 0.15) is 32.2 Å². The van der Waals surface area contributed by atoms with Crippen molar-refractivity contribution in [3.8, 4) is 0 Å². The molecule has 1 rings (SSSR count). The predicted octanol–water partition coefficient (Wildman–Crippen LogP) is 1.78. The second kappa shape index (κ2) is 8.24. The number of hydrogen-bond acceptors (Lipinski definition) is 4. The number of hydrogen-bond donors (Lipinski definition) is 2. The van der Waals surface area contributed by atoms with Crippen molar-refractivity contribution in [1.82, 2.24) is 15.6 Å². The lowest BCUT2D eigenvalue weighted by Gasteiger charge is -2.21. The van der Waals surface area contributed by atoms with Gasteiger partial charge in [-0.05, 0) is 31.9 Å². The van der Waals surface area contributed by atoms with Gasteiger partial charge in [0.15, 0.2) is 0 Å². The fourth-order valence-electron chi connectivity index (χ4n) is 1.82. The summed E-state index contributed by atoms with van der Waals surface area (Å²) in [6.45, 7) is 7.93. The first-order valence-electron chi connectivity index (χ1n) is 7.07. The van der Waals surface area contributed by atoms with Crippen LogP contribution in [-0.2, 0) is 16.1 Å². The van der Waals surface area contributed by atoms with Crippen molar-refractivity contribution in [2.75, 3.05) is 6.61 Å². The third-order valence-corrected chi connectivity index (χ3v) is 2.89. The zero-order valence-electron chi connectivity index (χ0n) is 13.0. The summed E-state index contributed by atoms with van der Waals surface area (Å²) >= 11 is 0. The number of carbonyl (C=O) groups is 2. The second-order valence-electron chi connectivity index (χ2n) is 5.07. The van der Waals surface area contributed by atoms with E-state index < -0.39 is 12.1 Å². The van der Waals surface area contributed by atoms with Crippen LogP contribution in [0, 0.1) is 12.8 Å². The molecule has 0 saturated carbocycles. The summed E-state index contributed by atoms with van der Waals surface area (Å²) in [5.41, 5.74) is 1.67. The van der Waals surface area contributed by atoms with Crippen LogP contribution in [-0.4, -0.2) is 29.6 Å². The van der Waals surface area contributed by atoms with E-state index in [9.17, 15) is 9.59 Å². The smallest absolute Gasteiger partial charge is 0.407 e. The van der Waals surface area contributed by atoms with Gasteiger partial charge < -0.3 is 15.4 Å². The van der Waals surface area contributed by atoms with Gasteiger partial charge in [-0.3, -0.25) is 9.78 Å². The quantitative estimate of drug-likeness (QED) is 0.837. The minimum Gasteiger partial charge on any atom is -0.450 e. The molecule has 6 heteroatoms. The number of nitrogens with zero attached hydrogens (tertiary/aromatic N) is 1. The number of aromatic nitrogens is 1. The zero-order valence-corrected chi connectivity index (χ0v) is 13.0. The molecule has 0 aliphatic carbocycles. The molecule has 1 aromatic rings. The first-order valence-corrected chi connectivity index (χ1v) is 7.07. The molecule has 1 heterocycles. The summed E-state index contributed by atoms with van der Waals surface area (Å²) in [4.78, 5) is 27.9. The van der Waals surface area contributed by atoms with Gasteiger partial charge >= 0.3 is 6.09 Å². The maximum absolute atomic E-state index is 12.2. The molecule has 1 atom stereocenters. The number of ether oxygens (including phenoxy) is 1. The van der Waals surface area contributed by atoms with E-state index >= 15 is 0 Å². The average Bonchev–Trinajstić information content (AvgIpc) is 2.42. The lowest BCUT2D eigenvalue weighted by Crippen LogP contribution is -2.49. The number of amides is 2. The summed E-state index contributed by atoms with van der Waals surface area (Å²) in [5, 5.41) is 5.35. The topological polar surface area (TPSA) is 80.3 Å². The minimum absolute atomic E-state index is 0.0418. The van der Waals surface area contributed by atoms with Crippen molar-refractivity contribution in [1.29, 1.82) is 0 Å². The van der Waals surface area contributed by atoms with Crippen molar-refractivity contribution >= 4 is 12.0 Å². The van der Waals surface area contributed by atoms with Crippen LogP contribution in [0.4, 0.5) is 4.79 Å². The number of rotatable bonds is 6. The van der Waals surface area contributed by atoms with Crippen LogP contribution in [0.5, 0.6) is 0 Å². The Kier molecular flexibility index (Phi) is 6.65. The molecule has 1 aromatic heterocycles. The Morgan fingerprint density at radius 3 is 2.62 bits per heavy atom. The van der Waals surface area contributed by atoms with Gasteiger partial charge in [0, 0.05) is 5.69 Å². The van der Waals surface area contributed by atoms with E-state index in [4.69, 9.17) is 4.74 Å². The van der Waals surface area contributed by atoms with Gasteiger partial charge in [0.05, 0.1) is 18.8 Å². The first kappa shape index (κ1) is 16.9. The van der Waals surface area contributed by atoms with E-state index in [-0.39, 0.29) is 18.4 Å². The second-order valence-corrected chi connectivity index (χ2v) is 5.07. The van der Waals surface area contributed by atoms with Crippen molar-refractivity contribution in [2.24, 2.45) is 5.92 Å². The first-order chi connectivity index (χ1) is 9.93. The zero-order chi connectivity index (χ0) is 15.8. The van der Waals surface area contributed by atoms with Crippen LogP contribution in [0.2, 0.25) is 0 Å². The number of carbonyl (C=O) groups excluding carboxylic acids is 2. The van der Waals surface area contributed by atoms with E-state index in [0.29, 0.717) is 6.54 Å². The van der Waals surface area contributed by atoms with E-state index in [1.54, 1.807) is 6.92 Å². The van der Waals surface area contributed by atoms with Crippen LogP contribution < -0.4 is 10.6 Å². The third kappa shape index (κ3) is 5.81. The Morgan fingerprint density at radius 2 is 2.05 bits per heavy atom. The molecule has 6 nitrogen and oxygen atoms in total. The highest BCUT2D eigenvalue weighted by molar-refractivity contribution is 5.85. The van der Waals surface area contributed by atoms with Gasteiger partial charge in [0.1, 0.15) is 6.04 Å². The molecule has 0 aliphatic rings. The Labute approximate surface area is 125 Å². The highest BCUT2D eigenvalue weighted by Gasteiger charge is 2.24. The average molecular weight is 293 g/mol. The van der Waals surface area contributed by atoms with E-state index in [2.05, 4.69) is 15.6 Å². The van der Waals surface area contributed by atoms with E-state index in [1.165, 1.54) is 0 Å².